The van der Waals surface area contributed by atoms with Gasteiger partial charge < -0.3 is 10.6 Å². The van der Waals surface area contributed by atoms with Gasteiger partial charge in [0.2, 0.25) is 5.91 Å². The van der Waals surface area contributed by atoms with Gasteiger partial charge in [0.1, 0.15) is 12.0 Å². The Hall–Kier alpha value is -1.73. The summed E-state index contributed by atoms with van der Waals surface area (Å²) in [5.74, 6) is -1.17. The van der Waals surface area contributed by atoms with Gasteiger partial charge in [-0.3, -0.25) is 14.5 Å². The van der Waals surface area contributed by atoms with Gasteiger partial charge in [0.05, 0.1) is 6.54 Å². The Labute approximate surface area is 168 Å². The summed E-state index contributed by atoms with van der Waals surface area (Å²) in [6.07, 6.45) is -0.0262. The molecule has 2 N–H and O–H groups in total. The maximum absolute atomic E-state index is 14.9. The highest BCUT2D eigenvalue weighted by atomic mass is 35.5. The number of hydrogen-bond acceptors (Lipinski definition) is 3. The maximum Gasteiger partial charge on any atom is 0.251 e. The summed E-state index contributed by atoms with van der Waals surface area (Å²) in [7, 11) is 0. The number of carbonyl (C=O) groups excluding carboxylic acids is 2. The molecule has 1 saturated heterocycles. The van der Waals surface area contributed by atoms with Crippen molar-refractivity contribution < 1.29 is 18.4 Å². The second-order valence-electron chi connectivity index (χ2n) is 8.87. The number of nitrogens with one attached hydrogen (secondary N) is 2. The van der Waals surface area contributed by atoms with E-state index in [1.807, 2.05) is 20.8 Å². The van der Waals surface area contributed by atoms with Crippen molar-refractivity contribution >= 4 is 23.4 Å². The fourth-order valence-corrected chi connectivity index (χ4v) is 4.11. The molecule has 2 aliphatic rings. The largest absolute Gasteiger partial charge is 0.350 e. The number of nitrogens with zero attached hydrogens (tertiary/aromatic N) is 1. The van der Waals surface area contributed by atoms with Gasteiger partial charge in [-0.25, -0.2) is 8.78 Å². The van der Waals surface area contributed by atoms with Crippen LogP contribution in [0.3, 0.4) is 0 Å². The van der Waals surface area contributed by atoms with E-state index in [9.17, 15) is 18.4 Å². The van der Waals surface area contributed by atoms with E-state index >= 15 is 0 Å². The van der Waals surface area contributed by atoms with Crippen molar-refractivity contribution in [1.29, 1.82) is 0 Å². The van der Waals surface area contributed by atoms with Gasteiger partial charge >= 0.3 is 0 Å². The molecule has 1 aromatic carbocycles. The SMILES string of the molecule is CC(C)(C)NC(=O)CN1CCC2(CC2NC(=O)c2cc(F)cc(Cl)c2)C(F)C1. The Morgan fingerprint density at radius 3 is 2.64 bits per heavy atom. The molecule has 3 rings (SSSR count). The molecule has 3 unspecified atom stereocenters. The quantitative estimate of drug-likeness (QED) is 0.797. The molecule has 1 saturated carbocycles. The highest BCUT2D eigenvalue weighted by molar-refractivity contribution is 6.31. The minimum absolute atomic E-state index is 0.124. The molecule has 0 aromatic heterocycles. The summed E-state index contributed by atoms with van der Waals surface area (Å²) in [4.78, 5) is 26.2. The van der Waals surface area contributed by atoms with E-state index in [4.69, 9.17) is 11.6 Å². The van der Waals surface area contributed by atoms with Gasteiger partial charge in [-0.2, -0.15) is 0 Å². The Kier molecular flexibility index (Phi) is 5.69. The Morgan fingerprint density at radius 1 is 1.32 bits per heavy atom. The molecule has 5 nitrogen and oxygen atoms in total. The third-order valence-electron chi connectivity index (χ3n) is 5.37. The van der Waals surface area contributed by atoms with E-state index in [0.717, 1.165) is 12.1 Å². The molecule has 2 fully saturated rings. The first kappa shape index (κ1) is 21.0. The zero-order valence-electron chi connectivity index (χ0n) is 16.3. The van der Waals surface area contributed by atoms with Gasteiger partial charge in [-0.05, 0) is 58.4 Å². The van der Waals surface area contributed by atoms with Crippen LogP contribution >= 0.6 is 11.6 Å². The summed E-state index contributed by atoms with van der Waals surface area (Å²) in [5.41, 5.74) is -0.794. The van der Waals surface area contributed by atoms with E-state index in [1.165, 1.54) is 6.07 Å². The molecule has 1 aromatic rings. The maximum atomic E-state index is 14.9. The van der Waals surface area contributed by atoms with Crippen molar-refractivity contribution in [2.24, 2.45) is 5.41 Å². The van der Waals surface area contributed by atoms with Crippen molar-refractivity contribution in [3.8, 4) is 0 Å². The fourth-order valence-electron chi connectivity index (χ4n) is 3.89. The highest BCUT2D eigenvalue weighted by Gasteiger charge is 2.61. The minimum Gasteiger partial charge on any atom is -0.350 e. The number of benzene rings is 1. The minimum atomic E-state index is -1.13. The van der Waals surface area contributed by atoms with Gasteiger partial charge in [-0.15, -0.1) is 0 Å². The van der Waals surface area contributed by atoms with Crippen molar-refractivity contribution in [1.82, 2.24) is 15.5 Å². The molecule has 28 heavy (non-hydrogen) atoms. The number of rotatable bonds is 4. The monoisotopic (exact) mass is 413 g/mol. The van der Waals surface area contributed by atoms with E-state index in [-0.39, 0.29) is 41.2 Å². The van der Waals surface area contributed by atoms with Crippen LogP contribution in [0, 0.1) is 11.2 Å². The molecule has 8 heteroatoms. The third kappa shape index (κ3) is 4.81. The van der Waals surface area contributed by atoms with Gasteiger partial charge in [0, 0.05) is 34.1 Å². The molecule has 2 amide bonds. The molecular formula is C20H26ClF2N3O2. The zero-order valence-corrected chi connectivity index (χ0v) is 17.1. The number of hydrogen-bond donors (Lipinski definition) is 2. The van der Waals surface area contributed by atoms with Gasteiger partial charge in [-0.1, -0.05) is 11.6 Å². The van der Waals surface area contributed by atoms with Crippen LogP contribution < -0.4 is 10.6 Å². The number of carbonyl (C=O) groups is 2. The Balaban J connectivity index is 1.54. The number of amides is 2. The molecule has 1 aliphatic heterocycles. The molecule has 1 aliphatic carbocycles. The summed E-state index contributed by atoms with van der Waals surface area (Å²) < 4.78 is 28.3. The van der Waals surface area contributed by atoms with Crippen LogP contribution in [-0.4, -0.2) is 54.1 Å². The number of halogens is 3. The van der Waals surface area contributed by atoms with E-state index in [1.54, 1.807) is 4.90 Å². The lowest BCUT2D eigenvalue weighted by molar-refractivity contribution is -0.124. The predicted octanol–water partition coefficient (Wildman–Crippen LogP) is 2.93. The average Bonchev–Trinajstić information content (AvgIpc) is 3.22. The first-order chi connectivity index (χ1) is 13.0. The molecule has 1 heterocycles. The molecule has 0 radical (unpaired) electrons. The summed E-state index contributed by atoms with van der Waals surface area (Å²) in [6, 6.07) is 3.33. The highest BCUT2D eigenvalue weighted by Crippen LogP contribution is 2.55. The van der Waals surface area contributed by atoms with Crippen LogP contribution in [0.1, 0.15) is 44.0 Å². The van der Waals surface area contributed by atoms with E-state index in [0.29, 0.717) is 19.4 Å². The lowest BCUT2D eigenvalue weighted by Crippen LogP contribution is -2.51. The van der Waals surface area contributed by atoms with Crippen LogP contribution in [0.2, 0.25) is 5.02 Å². The third-order valence-corrected chi connectivity index (χ3v) is 5.58. The summed E-state index contributed by atoms with van der Waals surface area (Å²) in [5, 5.41) is 5.82. The summed E-state index contributed by atoms with van der Waals surface area (Å²) in [6.45, 7) is 6.62. The second kappa shape index (κ2) is 7.59. The number of likely N-dealkylation sites (tertiary alicyclic amines) is 1. The lowest BCUT2D eigenvalue weighted by atomic mass is 9.90. The first-order valence-corrected chi connectivity index (χ1v) is 9.81. The van der Waals surface area contributed by atoms with Crippen molar-refractivity contribution in [3.05, 3.63) is 34.6 Å². The number of alkyl halides is 1. The predicted molar refractivity (Wildman–Crippen MR) is 104 cm³/mol. The van der Waals surface area contributed by atoms with Crippen LogP contribution in [-0.2, 0) is 4.79 Å². The molecule has 1 spiro atoms. The van der Waals surface area contributed by atoms with Gasteiger partial charge in [0.25, 0.3) is 5.91 Å². The Morgan fingerprint density at radius 2 is 2.04 bits per heavy atom. The van der Waals surface area contributed by atoms with Gasteiger partial charge in [0.15, 0.2) is 0 Å². The van der Waals surface area contributed by atoms with Crippen LogP contribution in [0.15, 0.2) is 18.2 Å². The Bertz CT molecular complexity index is 763. The average molecular weight is 414 g/mol. The smallest absolute Gasteiger partial charge is 0.251 e. The molecular weight excluding hydrogens is 388 g/mol. The van der Waals surface area contributed by atoms with E-state index < -0.39 is 23.3 Å². The molecule has 0 bridgehead atoms. The van der Waals surface area contributed by atoms with Crippen molar-refractivity contribution in [3.63, 3.8) is 0 Å². The standard InChI is InChI=1S/C20H26ClF2N3O2/c1-19(2,3)25-17(27)11-26-5-4-20(15(23)10-26)9-16(20)24-18(28)12-6-13(21)8-14(22)7-12/h6-8,15-16H,4-5,9-11H2,1-3H3,(H,24,28)(H,25,27). The first-order valence-electron chi connectivity index (χ1n) is 9.43. The van der Waals surface area contributed by atoms with Crippen LogP contribution in [0.5, 0.6) is 0 Å². The second-order valence-corrected chi connectivity index (χ2v) is 9.31. The summed E-state index contributed by atoms with van der Waals surface area (Å²) >= 11 is 5.79. The normalized spacial score (nSPS) is 27.5. The topological polar surface area (TPSA) is 61.4 Å². The van der Waals surface area contributed by atoms with E-state index in [2.05, 4.69) is 10.6 Å². The van der Waals surface area contributed by atoms with Crippen molar-refractivity contribution in [2.45, 2.75) is 51.4 Å². The van der Waals surface area contributed by atoms with Crippen LogP contribution in [0.4, 0.5) is 8.78 Å². The molecule has 154 valence electrons. The fraction of sp³-hybridized carbons (Fsp3) is 0.600. The van der Waals surface area contributed by atoms with Crippen molar-refractivity contribution in [2.75, 3.05) is 19.6 Å². The lowest BCUT2D eigenvalue weighted by Gasteiger charge is -2.35. The number of piperidine rings is 1. The van der Waals surface area contributed by atoms with Crippen LogP contribution in [0.25, 0.3) is 0 Å². The zero-order chi connectivity index (χ0) is 20.7. The molecule has 3 atom stereocenters.